The molecule has 0 fully saturated rings. The maximum atomic E-state index is 9.58. The van der Waals surface area contributed by atoms with Gasteiger partial charge >= 0.3 is 0 Å². The lowest BCUT2D eigenvalue weighted by atomic mass is 9.34. The lowest BCUT2D eigenvalue weighted by Gasteiger charge is -2.36. The Morgan fingerprint density at radius 2 is 0.895 bits per heavy atom. The van der Waals surface area contributed by atoms with Crippen LogP contribution in [0, 0.1) is 11.3 Å². The summed E-state index contributed by atoms with van der Waals surface area (Å²) in [6, 6.07) is 31.1. The molecule has 57 heavy (non-hydrogen) atoms. The lowest BCUT2D eigenvalue weighted by molar-refractivity contribution is 0.590. The molecule has 0 bridgehead atoms. The van der Waals surface area contributed by atoms with Crippen molar-refractivity contribution in [3.63, 3.8) is 0 Å². The molecule has 5 aromatic carbocycles. The number of hydrogen-bond acceptors (Lipinski definition) is 3. The molecule has 0 radical (unpaired) electrons. The molecule has 2 aliphatic heterocycles. The van der Waals surface area contributed by atoms with Gasteiger partial charge in [-0.15, -0.1) is 0 Å². The van der Waals surface area contributed by atoms with Crippen LogP contribution in [0.3, 0.4) is 0 Å². The van der Waals surface area contributed by atoms with Gasteiger partial charge in [0.25, 0.3) is 6.71 Å². The summed E-state index contributed by atoms with van der Waals surface area (Å²) in [5, 5.41) is 14.8. The van der Waals surface area contributed by atoms with E-state index in [4.69, 9.17) is 0 Å². The highest BCUT2D eigenvalue weighted by Crippen LogP contribution is 2.44. The van der Waals surface area contributed by atoms with Gasteiger partial charge in [-0.3, -0.25) is 0 Å². The second-order valence-corrected chi connectivity index (χ2v) is 20.8. The van der Waals surface area contributed by atoms with Crippen molar-refractivity contribution in [2.75, 3.05) is 0 Å². The largest absolute Gasteiger partial charge is 0.310 e. The Morgan fingerprint density at radius 3 is 1.28 bits per heavy atom. The normalized spacial score (nSPS) is 13.9. The molecular formula is C51H50BN5. The van der Waals surface area contributed by atoms with Gasteiger partial charge in [0, 0.05) is 61.9 Å². The fourth-order valence-corrected chi connectivity index (χ4v) is 9.57. The number of benzene rings is 5. The van der Waals surface area contributed by atoms with E-state index in [1.54, 1.807) is 12.4 Å². The third-order valence-corrected chi connectivity index (χ3v) is 12.9. The van der Waals surface area contributed by atoms with Crippen molar-refractivity contribution in [2.45, 2.75) is 105 Å². The highest BCUT2D eigenvalue weighted by Gasteiger charge is 2.43. The van der Waals surface area contributed by atoms with Crippen LogP contribution in [0.1, 0.15) is 111 Å². The van der Waals surface area contributed by atoms with Crippen LogP contribution in [0.5, 0.6) is 0 Å². The molecule has 3 aromatic heterocycles. The molecule has 2 aliphatic rings. The van der Waals surface area contributed by atoms with E-state index in [9.17, 15) is 5.26 Å². The Hall–Kier alpha value is -5.67. The van der Waals surface area contributed by atoms with E-state index in [-0.39, 0.29) is 34.2 Å². The number of nitriles is 1. The van der Waals surface area contributed by atoms with E-state index in [0.717, 1.165) is 11.1 Å². The molecule has 0 N–H and O–H groups in total. The molecule has 5 heterocycles. The molecule has 0 saturated carbocycles. The van der Waals surface area contributed by atoms with Gasteiger partial charge in [-0.1, -0.05) is 107 Å². The smallest absolute Gasteiger partial charge is 0.252 e. The zero-order valence-electron chi connectivity index (χ0n) is 35.4. The maximum absolute atomic E-state index is 9.58. The second-order valence-electron chi connectivity index (χ2n) is 20.8. The number of aromatic nitrogens is 4. The van der Waals surface area contributed by atoms with Crippen LogP contribution >= 0.6 is 0 Å². The summed E-state index contributed by atoms with van der Waals surface area (Å²) in [7, 11) is 0. The topological polar surface area (TPSA) is 59.4 Å². The van der Waals surface area contributed by atoms with Crippen molar-refractivity contribution in [3.05, 3.63) is 113 Å². The summed E-state index contributed by atoms with van der Waals surface area (Å²) >= 11 is 0. The third-order valence-electron chi connectivity index (χ3n) is 12.9. The predicted octanol–water partition coefficient (Wildman–Crippen LogP) is 10.5. The quantitative estimate of drug-likeness (QED) is 0.157. The Kier molecular flexibility index (Phi) is 7.05. The SMILES string of the molecule is CC(C)(C)c1ccc2c(c1)c1cc(C(C)(C)C)cc3c1n2-c1cc(-c2cnc(C#N)nc2)cc2c1B3c1cc(C(C)(C)C)cc3c4cc(C(C)(C)C)ccc4n-2c13. The van der Waals surface area contributed by atoms with Crippen LogP contribution in [0.2, 0.25) is 0 Å². The van der Waals surface area contributed by atoms with Gasteiger partial charge in [-0.2, -0.15) is 5.26 Å². The van der Waals surface area contributed by atoms with Crippen molar-refractivity contribution < 1.29 is 0 Å². The van der Waals surface area contributed by atoms with Crippen LogP contribution in [0.25, 0.3) is 66.1 Å². The first-order chi connectivity index (χ1) is 26.7. The molecule has 0 atom stereocenters. The van der Waals surface area contributed by atoms with Gasteiger partial charge in [0.05, 0.1) is 11.0 Å². The minimum atomic E-state index is -0.0567. The van der Waals surface area contributed by atoms with E-state index >= 15 is 0 Å². The first-order valence-corrected chi connectivity index (χ1v) is 20.4. The predicted molar refractivity (Wildman–Crippen MR) is 240 cm³/mol. The summed E-state index contributed by atoms with van der Waals surface area (Å²) < 4.78 is 5.11. The lowest BCUT2D eigenvalue weighted by Crippen LogP contribution is -2.59. The fraction of sp³-hybridized carbons (Fsp3) is 0.314. The first-order valence-electron chi connectivity index (χ1n) is 20.4. The molecule has 8 aromatic rings. The Bertz CT molecular complexity index is 2920. The average molecular weight is 744 g/mol. The van der Waals surface area contributed by atoms with E-state index in [1.807, 2.05) is 0 Å². The van der Waals surface area contributed by atoms with E-state index < -0.39 is 0 Å². The van der Waals surface area contributed by atoms with Crippen LogP contribution in [0.15, 0.2) is 85.2 Å². The molecule has 282 valence electrons. The van der Waals surface area contributed by atoms with Gasteiger partial charge in [-0.25, -0.2) is 9.97 Å². The van der Waals surface area contributed by atoms with Crippen LogP contribution in [-0.4, -0.2) is 25.8 Å². The van der Waals surface area contributed by atoms with Crippen molar-refractivity contribution >= 4 is 66.7 Å². The van der Waals surface area contributed by atoms with Crippen LogP contribution in [0.4, 0.5) is 0 Å². The zero-order valence-corrected chi connectivity index (χ0v) is 35.4. The molecule has 6 heteroatoms. The number of hydrogen-bond donors (Lipinski definition) is 0. The average Bonchev–Trinajstić information content (AvgIpc) is 3.66. The standard InChI is InChI=1S/C51H50BN5/c1-48(2,3)30-13-15-40-34(19-30)36-21-32(50(7,8)9)23-38-46(36)56(40)42-17-28(29-26-54-44(25-53)55-27-29)18-43-45(42)52(38)39-24-33(51(10,11)12)22-37-35-20-31(49(4,5)6)14-16-41(35)57(43)47(37)39/h13-24,26-27H,1-12H3. The van der Waals surface area contributed by atoms with E-state index in [1.165, 1.54) is 93.6 Å². The van der Waals surface area contributed by atoms with Crippen LogP contribution < -0.4 is 16.4 Å². The van der Waals surface area contributed by atoms with Crippen molar-refractivity contribution in [2.24, 2.45) is 0 Å². The minimum absolute atomic E-state index is 0.00297. The number of fused-ring (bicyclic) bond motifs is 10. The Labute approximate surface area is 336 Å². The fourth-order valence-electron chi connectivity index (χ4n) is 9.57. The summed E-state index contributed by atoms with van der Waals surface area (Å²) in [6.07, 6.45) is 3.60. The monoisotopic (exact) mass is 743 g/mol. The number of rotatable bonds is 1. The summed E-state index contributed by atoms with van der Waals surface area (Å²) in [5.74, 6) is 0.172. The molecule has 0 saturated heterocycles. The van der Waals surface area contributed by atoms with Crippen molar-refractivity contribution in [1.29, 1.82) is 5.26 Å². The molecule has 5 nitrogen and oxygen atoms in total. The Balaban J connectivity index is 1.45. The minimum Gasteiger partial charge on any atom is -0.310 e. The molecule has 0 aliphatic carbocycles. The number of nitrogens with zero attached hydrogens (tertiary/aromatic N) is 5. The van der Waals surface area contributed by atoms with Crippen LogP contribution in [-0.2, 0) is 21.7 Å². The molecule has 0 spiro atoms. The van der Waals surface area contributed by atoms with Crippen molar-refractivity contribution in [3.8, 4) is 28.6 Å². The van der Waals surface area contributed by atoms with Gasteiger partial charge in [0.15, 0.2) is 0 Å². The van der Waals surface area contributed by atoms with Gasteiger partial charge in [-0.05, 0) is 114 Å². The van der Waals surface area contributed by atoms with E-state index in [2.05, 4.69) is 181 Å². The summed E-state index contributed by atoms with van der Waals surface area (Å²) in [6.45, 7) is 27.9. The molecule has 10 rings (SSSR count). The maximum Gasteiger partial charge on any atom is 0.252 e. The first kappa shape index (κ1) is 35.7. The zero-order chi connectivity index (χ0) is 40.3. The second kappa shape index (κ2) is 11.3. The highest BCUT2D eigenvalue weighted by atomic mass is 15.0. The molecule has 0 unspecified atom stereocenters. The highest BCUT2D eigenvalue weighted by molar-refractivity contribution is 7.00. The van der Waals surface area contributed by atoms with Crippen molar-refractivity contribution in [1.82, 2.24) is 19.1 Å². The van der Waals surface area contributed by atoms with Gasteiger partial charge in [0.2, 0.25) is 5.82 Å². The Morgan fingerprint density at radius 1 is 0.491 bits per heavy atom. The molecular weight excluding hydrogens is 693 g/mol. The van der Waals surface area contributed by atoms with Gasteiger partial charge < -0.3 is 9.13 Å². The summed E-state index contributed by atoms with van der Waals surface area (Å²) in [5.41, 5.74) is 18.6. The van der Waals surface area contributed by atoms with Gasteiger partial charge in [0.1, 0.15) is 6.07 Å². The molecule has 0 amide bonds. The van der Waals surface area contributed by atoms with E-state index in [0.29, 0.717) is 0 Å². The summed E-state index contributed by atoms with van der Waals surface area (Å²) in [4.78, 5) is 8.89. The third kappa shape index (κ3) is 5.07.